The molecule has 1 saturated heterocycles. The van der Waals surface area contributed by atoms with Crippen molar-refractivity contribution in [1.82, 2.24) is 9.97 Å². The smallest absolute Gasteiger partial charge is 0.278 e. The Hall–Kier alpha value is -1.93. The number of nitrogens with zero attached hydrogens (tertiary/aromatic N) is 2. The van der Waals surface area contributed by atoms with E-state index in [1.807, 2.05) is 0 Å². The standard InChI is InChI=1S/C14H14BrN3O4/c15-9-1-4-16-12(11(9)19)18-13(20)10-7-22-14(17-10)8-2-5-21-6-3-8/h1,4,7-8,19H,2-3,5-6H2,(H,16,18,20). The molecule has 3 heterocycles. The first kappa shape index (κ1) is 15.0. The summed E-state index contributed by atoms with van der Waals surface area (Å²) in [5.74, 6) is 0.162. The van der Waals surface area contributed by atoms with E-state index < -0.39 is 5.91 Å². The number of nitrogens with one attached hydrogen (secondary N) is 1. The maximum Gasteiger partial charge on any atom is 0.278 e. The van der Waals surface area contributed by atoms with Crippen LogP contribution < -0.4 is 5.32 Å². The molecule has 3 rings (SSSR count). The van der Waals surface area contributed by atoms with Crippen LogP contribution in [0.3, 0.4) is 0 Å². The van der Waals surface area contributed by atoms with E-state index in [9.17, 15) is 9.90 Å². The summed E-state index contributed by atoms with van der Waals surface area (Å²) in [6.45, 7) is 1.34. The molecular formula is C14H14BrN3O4. The van der Waals surface area contributed by atoms with Crippen molar-refractivity contribution in [3.8, 4) is 5.75 Å². The van der Waals surface area contributed by atoms with Crippen molar-refractivity contribution < 1.29 is 19.1 Å². The Kier molecular flexibility index (Phi) is 4.39. The summed E-state index contributed by atoms with van der Waals surface area (Å²) >= 11 is 3.16. The molecular weight excluding hydrogens is 354 g/mol. The predicted molar refractivity (Wildman–Crippen MR) is 80.9 cm³/mol. The van der Waals surface area contributed by atoms with Gasteiger partial charge in [-0.2, -0.15) is 0 Å². The van der Waals surface area contributed by atoms with Crippen LogP contribution >= 0.6 is 15.9 Å². The molecule has 0 atom stereocenters. The van der Waals surface area contributed by atoms with Crippen molar-refractivity contribution in [2.75, 3.05) is 18.5 Å². The number of hydrogen-bond donors (Lipinski definition) is 2. The fourth-order valence-electron chi connectivity index (χ4n) is 2.22. The molecule has 0 spiro atoms. The first-order chi connectivity index (χ1) is 10.6. The van der Waals surface area contributed by atoms with Gasteiger partial charge in [-0.05, 0) is 34.8 Å². The van der Waals surface area contributed by atoms with Crippen molar-refractivity contribution >= 4 is 27.7 Å². The van der Waals surface area contributed by atoms with Gasteiger partial charge in [0.2, 0.25) is 0 Å². The number of aromatic nitrogens is 2. The quantitative estimate of drug-likeness (QED) is 0.865. The van der Waals surface area contributed by atoms with Gasteiger partial charge in [-0.3, -0.25) is 4.79 Å². The van der Waals surface area contributed by atoms with E-state index in [4.69, 9.17) is 9.15 Å². The van der Waals surface area contributed by atoms with E-state index in [1.165, 1.54) is 12.5 Å². The Morgan fingerprint density at radius 1 is 1.41 bits per heavy atom. The molecule has 2 aromatic heterocycles. The van der Waals surface area contributed by atoms with Crippen molar-refractivity contribution in [3.63, 3.8) is 0 Å². The van der Waals surface area contributed by atoms with E-state index in [2.05, 4.69) is 31.2 Å². The van der Waals surface area contributed by atoms with Gasteiger partial charge in [0, 0.05) is 25.3 Å². The maximum atomic E-state index is 12.1. The van der Waals surface area contributed by atoms with Gasteiger partial charge in [-0.25, -0.2) is 9.97 Å². The minimum Gasteiger partial charge on any atom is -0.503 e. The third kappa shape index (κ3) is 3.12. The molecule has 116 valence electrons. The van der Waals surface area contributed by atoms with E-state index in [0.29, 0.717) is 23.6 Å². The Morgan fingerprint density at radius 2 is 2.18 bits per heavy atom. The number of oxazole rings is 1. The second-order valence-electron chi connectivity index (χ2n) is 4.90. The number of rotatable bonds is 3. The van der Waals surface area contributed by atoms with Crippen LogP contribution in [0, 0.1) is 0 Å². The van der Waals surface area contributed by atoms with Crippen LogP contribution in [0.1, 0.15) is 35.1 Å². The Labute approximate surface area is 134 Å². The van der Waals surface area contributed by atoms with Crippen LogP contribution in [0.5, 0.6) is 5.75 Å². The van der Waals surface area contributed by atoms with E-state index >= 15 is 0 Å². The van der Waals surface area contributed by atoms with Crippen LogP contribution in [0.15, 0.2) is 27.4 Å². The molecule has 8 heteroatoms. The number of hydrogen-bond acceptors (Lipinski definition) is 6. The van der Waals surface area contributed by atoms with E-state index in [1.54, 1.807) is 6.07 Å². The van der Waals surface area contributed by atoms with E-state index in [0.717, 1.165) is 12.8 Å². The lowest BCUT2D eigenvalue weighted by Gasteiger charge is -2.18. The monoisotopic (exact) mass is 367 g/mol. The molecule has 0 aliphatic carbocycles. The van der Waals surface area contributed by atoms with Gasteiger partial charge in [0.25, 0.3) is 5.91 Å². The second-order valence-corrected chi connectivity index (χ2v) is 5.76. The molecule has 0 unspecified atom stereocenters. The molecule has 2 aromatic rings. The highest BCUT2D eigenvalue weighted by molar-refractivity contribution is 9.10. The lowest BCUT2D eigenvalue weighted by Crippen LogP contribution is -2.16. The molecule has 0 radical (unpaired) electrons. The van der Waals surface area contributed by atoms with Crippen LogP contribution in [0.4, 0.5) is 5.82 Å². The van der Waals surface area contributed by atoms with Crippen molar-refractivity contribution in [3.05, 3.63) is 34.6 Å². The van der Waals surface area contributed by atoms with Gasteiger partial charge >= 0.3 is 0 Å². The average molecular weight is 368 g/mol. The number of anilines is 1. The molecule has 0 saturated carbocycles. The van der Waals surface area contributed by atoms with Gasteiger partial charge in [0.1, 0.15) is 6.26 Å². The normalized spacial score (nSPS) is 15.7. The Morgan fingerprint density at radius 3 is 2.95 bits per heavy atom. The second kappa shape index (κ2) is 6.45. The van der Waals surface area contributed by atoms with Gasteiger partial charge in [0.15, 0.2) is 23.2 Å². The summed E-state index contributed by atoms with van der Waals surface area (Å²) in [5, 5.41) is 12.3. The first-order valence-electron chi connectivity index (χ1n) is 6.83. The molecule has 22 heavy (non-hydrogen) atoms. The zero-order valence-corrected chi connectivity index (χ0v) is 13.2. The first-order valence-corrected chi connectivity index (χ1v) is 7.62. The third-order valence-electron chi connectivity index (χ3n) is 3.43. The average Bonchev–Trinajstić information content (AvgIpc) is 3.03. The summed E-state index contributed by atoms with van der Waals surface area (Å²) in [6.07, 6.45) is 4.44. The lowest BCUT2D eigenvalue weighted by atomic mass is 10.0. The molecule has 2 N–H and O–H groups in total. The summed E-state index contributed by atoms with van der Waals surface area (Å²) in [5.41, 5.74) is 0.155. The molecule has 1 aliphatic heterocycles. The largest absolute Gasteiger partial charge is 0.503 e. The van der Waals surface area contributed by atoms with Crippen LogP contribution in [-0.2, 0) is 4.74 Å². The summed E-state index contributed by atoms with van der Waals surface area (Å²) in [6, 6.07) is 1.57. The highest BCUT2D eigenvalue weighted by Crippen LogP contribution is 2.30. The van der Waals surface area contributed by atoms with E-state index in [-0.39, 0.29) is 23.2 Å². The molecule has 1 aliphatic rings. The number of carbonyl (C=O) groups is 1. The third-order valence-corrected chi connectivity index (χ3v) is 4.07. The molecule has 7 nitrogen and oxygen atoms in total. The van der Waals surface area contributed by atoms with Gasteiger partial charge < -0.3 is 19.6 Å². The summed E-state index contributed by atoms with van der Waals surface area (Å²) < 4.78 is 11.1. The fourth-order valence-corrected chi connectivity index (χ4v) is 2.52. The van der Waals surface area contributed by atoms with Gasteiger partial charge in [-0.1, -0.05) is 0 Å². The van der Waals surface area contributed by atoms with Crippen LogP contribution in [-0.4, -0.2) is 34.2 Å². The Balaban J connectivity index is 1.72. The molecule has 1 amide bonds. The Bertz CT molecular complexity index is 682. The van der Waals surface area contributed by atoms with Gasteiger partial charge in [-0.15, -0.1) is 0 Å². The minimum absolute atomic E-state index is 0.0648. The molecule has 1 fully saturated rings. The van der Waals surface area contributed by atoms with Crippen molar-refractivity contribution in [2.45, 2.75) is 18.8 Å². The zero-order valence-electron chi connectivity index (χ0n) is 11.6. The lowest BCUT2D eigenvalue weighted by molar-refractivity contribution is 0.0794. The maximum absolute atomic E-state index is 12.1. The number of amides is 1. The number of ether oxygens (including phenoxy) is 1. The van der Waals surface area contributed by atoms with Crippen LogP contribution in [0.25, 0.3) is 0 Å². The van der Waals surface area contributed by atoms with Crippen LogP contribution in [0.2, 0.25) is 0 Å². The number of carbonyl (C=O) groups excluding carboxylic acids is 1. The zero-order chi connectivity index (χ0) is 15.5. The highest BCUT2D eigenvalue weighted by atomic mass is 79.9. The highest BCUT2D eigenvalue weighted by Gasteiger charge is 2.23. The fraction of sp³-hybridized carbons (Fsp3) is 0.357. The summed E-state index contributed by atoms with van der Waals surface area (Å²) in [4.78, 5) is 20.3. The minimum atomic E-state index is -0.483. The SMILES string of the molecule is O=C(Nc1nccc(Br)c1O)c1coc(C2CCOCC2)n1. The number of pyridine rings is 1. The summed E-state index contributed by atoms with van der Waals surface area (Å²) in [7, 11) is 0. The van der Waals surface area contributed by atoms with Crippen molar-refractivity contribution in [1.29, 1.82) is 0 Å². The van der Waals surface area contributed by atoms with Gasteiger partial charge in [0.05, 0.1) is 4.47 Å². The number of halogens is 1. The topological polar surface area (TPSA) is 97.5 Å². The predicted octanol–water partition coefficient (Wildman–Crippen LogP) is 2.68. The van der Waals surface area contributed by atoms with Crippen molar-refractivity contribution in [2.24, 2.45) is 0 Å². The molecule has 0 bridgehead atoms. The number of aromatic hydroxyl groups is 1. The molecule has 0 aromatic carbocycles.